The summed E-state index contributed by atoms with van der Waals surface area (Å²) in [4.78, 5) is 10.6. The van der Waals surface area contributed by atoms with E-state index in [9.17, 15) is 0 Å². The number of nitrogens with one attached hydrogen (secondary N) is 1. The van der Waals surface area contributed by atoms with Crippen LogP contribution >= 0.6 is 0 Å². The fraction of sp³-hybridized carbons (Fsp3) is 0.458. The van der Waals surface area contributed by atoms with Crippen molar-refractivity contribution >= 4 is 10.9 Å². The average Bonchev–Trinajstić information content (AvgIpc) is 3.06. The van der Waals surface area contributed by atoms with Crippen molar-refractivity contribution in [2.45, 2.75) is 52.4 Å². The number of nitrogens with zero attached hydrogens (tertiary/aromatic N) is 2. The van der Waals surface area contributed by atoms with Crippen LogP contribution in [0.25, 0.3) is 22.2 Å². The smallest absolute Gasteiger partial charge is 0.0498 e. The van der Waals surface area contributed by atoms with E-state index in [1.807, 2.05) is 6.20 Å². The lowest BCUT2D eigenvalue weighted by Crippen LogP contribution is -2.33. The van der Waals surface area contributed by atoms with Gasteiger partial charge in [-0.3, -0.25) is 4.98 Å². The van der Waals surface area contributed by atoms with Crippen LogP contribution in [0.3, 0.4) is 0 Å². The predicted octanol–water partition coefficient (Wildman–Crippen LogP) is 5.69. The molecule has 0 bridgehead atoms. The third-order valence-corrected chi connectivity index (χ3v) is 6.07. The lowest BCUT2D eigenvalue weighted by atomic mass is 9.88. The minimum Gasteiger partial charge on any atom is -0.354 e. The lowest BCUT2D eigenvalue weighted by molar-refractivity contribution is 0.213. The Bertz CT molecular complexity index is 917. The first-order valence-electron chi connectivity index (χ1n) is 10.5. The van der Waals surface area contributed by atoms with E-state index in [2.05, 4.69) is 66.0 Å². The Hall–Kier alpha value is -2.13. The molecule has 4 rings (SSSR count). The van der Waals surface area contributed by atoms with Gasteiger partial charge in [-0.05, 0) is 93.6 Å². The molecule has 2 aromatic heterocycles. The van der Waals surface area contributed by atoms with Crippen molar-refractivity contribution in [2.75, 3.05) is 19.6 Å². The van der Waals surface area contributed by atoms with Crippen LogP contribution in [0.4, 0.5) is 0 Å². The van der Waals surface area contributed by atoms with Crippen LogP contribution < -0.4 is 0 Å². The van der Waals surface area contributed by atoms with Crippen molar-refractivity contribution in [1.29, 1.82) is 0 Å². The molecular weight excluding hydrogens is 330 g/mol. The van der Waals surface area contributed by atoms with Crippen LogP contribution in [0.1, 0.15) is 55.8 Å². The monoisotopic (exact) mass is 361 g/mol. The summed E-state index contributed by atoms with van der Waals surface area (Å²) in [6.07, 6.45) is 6.78. The second-order valence-electron chi connectivity index (χ2n) is 7.94. The normalized spacial score (nSPS) is 16.3. The Labute approximate surface area is 162 Å². The number of pyridine rings is 1. The quantitative estimate of drug-likeness (QED) is 0.633. The van der Waals surface area contributed by atoms with Gasteiger partial charge in [-0.1, -0.05) is 19.9 Å². The van der Waals surface area contributed by atoms with Gasteiger partial charge in [-0.2, -0.15) is 0 Å². The number of benzene rings is 1. The molecule has 1 saturated heterocycles. The summed E-state index contributed by atoms with van der Waals surface area (Å²) in [5.74, 6) is 0.703. The highest BCUT2D eigenvalue weighted by Crippen LogP contribution is 2.35. The first-order chi connectivity index (χ1) is 13.2. The summed E-state index contributed by atoms with van der Waals surface area (Å²) in [6, 6.07) is 11.4. The molecule has 1 fully saturated rings. The molecule has 3 aromatic rings. The standard InChI is InChI=1S/C24H31N3/c1-4-12-27-13-9-18(10-14-27)19-6-7-23-22(16-19)21(5-2)24(26-23)20-8-11-25-17(3)15-20/h6-8,11,15-16,18,26H,4-5,9-10,12-14H2,1-3H3. The van der Waals surface area contributed by atoms with Gasteiger partial charge in [0.25, 0.3) is 0 Å². The summed E-state index contributed by atoms with van der Waals surface area (Å²) in [6.45, 7) is 10.3. The van der Waals surface area contributed by atoms with Crippen LogP contribution in [0, 0.1) is 6.92 Å². The fourth-order valence-electron chi connectivity index (χ4n) is 4.64. The molecule has 1 aliphatic rings. The van der Waals surface area contributed by atoms with Crippen LogP contribution in [0.15, 0.2) is 36.5 Å². The highest BCUT2D eigenvalue weighted by Gasteiger charge is 2.21. The minimum absolute atomic E-state index is 0.703. The van der Waals surface area contributed by atoms with E-state index in [0.717, 1.165) is 12.1 Å². The lowest BCUT2D eigenvalue weighted by Gasteiger charge is -2.32. The van der Waals surface area contributed by atoms with Crippen LogP contribution in [-0.2, 0) is 6.42 Å². The number of hydrogen-bond acceptors (Lipinski definition) is 2. The van der Waals surface area contributed by atoms with Crippen LogP contribution in [0.5, 0.6) is 0 Å². The van der Waals surface area contributed by atoms with Gasteiger partial charge < -0.3 is 9.88 Å². The number of aromatic nitrogens is 2. The zero-order chi connectivity index (χ0) is 18.8. The van der Waals surface area contributed by atoms with E-state index in [-0.39, 0.29) is 0 Å². The van der Waals surface area contributed by atoms with E-state index in [4.69, 9.17) is 0 Å². The molecule has 0 saturated carbocycles. The second kappa shape index (κ2) is 7.85. The molecule has 0 spiro atoms. The first kappa shape index (κ1) is 18.2. The number of piperidine rings is 1. The minimum atomic E-state index is 0.703. The van der Waals surface area contributed by atoms with E-state index in [1.54, 1.807) is 0 Å². The van der Waals surface area contributed by atoms with Crippen LogP contribution in [-0.4, -0.2) is 34.5 Å². The number of hydrogen-bond donors (Lipinski definition) is 1. The summed E-state index contributed by atoms with van der Waals surface area (Å²) in [5, 5.41) is 1.40. The van der Waals surface area contributed by atoms with Gasteiger partial charge in [0.15, 0.2) is 0 Å². The molecule has 0 unspecified atom stereocenters. The van der Waals surface area contributed by atoms with E-state index >= 15 is 0 Å². The molecule has 27 heavy (non-hydrogen) atoms. The third kappa shape index (κ3) is 3.66. The summed E-state index contributed by atoms with van der Waals surface area (Å²) in [7, 11) is 0. The largest absolute Gasteiger partial charge is 0.354 e. The number of aryl methyl sites for hydroxylation is 2. The van der Waals surface area contributed by atoms with Gasteiger partial charge in [0.05, 0.1) is 0 Å². The molecule has 3 heterocycles. The van der Waals surface area contributed by atoms with Gasteiger partial charge in [-0.25, -0.2) is 0 Å². The van der Waals surface area contributed by atoms with E-state index < -0.39 is 0 Å². The molecule has 1 N–H and O–H groups in total. The zero-order valence-corrected chi connectivity index (χ0v) is 16.9. The third-order valence-electron chi connectivity index (χ3n) is 6.07. The van der Waals surface area contributed by atoms with Gasteiger partial charge in [-0.15, -0.1) is 0 Å². The maximum absolute atomic E-state index is 4.35. The van der Waals surface area contributed by atoms with Crippen molar-refractivity contribution in [2.24, 2.45) is 0 Å². The van der Waals surface area contributed by atoms with Crippen molar-refractivity contribution in [3.8, 4) is 11.3 Å². The highest BCUT2D eigenvalue weighted by atomic mass is 15.1. The topological polar surface area (TPSA) is 31.9 Å². The van der Waals surface area contributed by atoms with E-state index in [0.29, 0.717) is 5.92 Å². The van der Waals surface area contributed by atoms with Crippen LogP contribution in [0.2, 0.25) is 0 Å². The van der Waals surface area contributed by atoms with Crippen molar-refractivity contribution < 1.29 is 0 Å². The Morgan fingerprint density at radius 2 is 1.93 bits per heavy atom. The fourth-order valence-corrected chi connectivity index (χ4v) is 4.64. The average molecular weight is 362 g/mol. The van der Waals surface area contributed by atoms with Crippen molar-refractivity contribution in [3.05, 3.63) is 53.3 Å². The number of rotatable bonds is 5. The number of fused-ring (bicyclic) bond motifs is 1. The summed E-state index contributed by atoms with van der Waals surface area (Å²) in [5.41, 5.74) is 7.76. The number of aromatic amines is 1. The molecule has 0 radical (unpaired) electrons. The molecule has 142 valence electrons. The van der Waals surface area contributed by atoms with E-state index in [1.165, 1.54) is 72.2 Å². The highest BCUT2D eigenvalue weighted by molar-refractivity contribution is 5.91. The first-order valence-corrected chi connectivity index (χ1v) is 10.5. The Balaban J connectivity index is 1.66. The van der Waals surface area contributed by atoms with Gasteiger partial charge in [0.2, 0.25) is 0 Å². The maximum Gasteiger partial charge on any atom is 0.0498 e. The SMILES string of the molecule is CCCN1CCC(c2ccc3[nH]c(-c4ccnc(C)c4)c(CC)c3c2)CC1. The predicted molar refractivity (Wildman–Crippen MR) is 114 cm³/mol. The zero-order valence-electron chi connectivity index (χ0n) is 16.9. The number of H-pyrrole nitrogens is 1. The molecule has 3 heteroatoms. The second-order valence-corrected chi connectivity index (χ2v) is 7.94. The summed E-state index contributed by atoms with van der Waals surface area (Å²) >= 11 is 0. The number of likely N-dealkylation sites (tertiary alicyclic amines) is 1. The maximum atomic E-state index is 4.35. The molecule has 1 aromatic carbocycles. The van der Waals surface area contributed by atoms with Gasteiger partial charge in [0, 0.05) is 34.1 Å². The van der Waals surface area contributed by atoms with Crippen molar-refractivity contribution in [3.63, 3.8) is 0 Å². The molecule has 0 aliphatic carbocycles. The van der Waals surface area contributed by atoms with Crippen molar-refractivity contribution in [1.82, 2.24) is 14.9 Å². The Morgan fingerprint density at radius 3 is 2.63 bits per heavy atom. The molecule has 0 atom stereocenters. The summed E-state index contributed by atoms with van der Waals surface area (Å²) < 4.78 is 0. The molecule has 3 nitrogen and oxygen atoms in total. The molecular formula is C24H31N3. The Kier molecular flexibility index (Phi) is 5.31. The van der Waals surface area contributed by atoms with Gasteiger partial charge >= 0.3 is 0 Å². The van der Waals surface area contributed by atoms with Gasteiger partial charge in [0.1, 0.15) is 0 Å². The molecule has 1 aliphatic heterocycles. The molecule has 0 amide bonds. The Morgan fingerprint density at radius 1 is 1.11 bits per heavy atom.